The van der Waals surface area contributed by atoms with Crippen LogP contribution in [0.4, 0.5) is 5.69 Å². The van der Waals surface area contributed by atoms with Gasteiger partial charge >= 0.3 is 11.8 Å². The van der Waals surface area contributed by atoms with Gasteiger partial charge in [-0.1, -0.05) is 51.1 Å². The molecule has 0 aliphatic carbocycles. The third-order valence-corrected chi connectivity index (χ3v) is 12.8. The number of esters is 1. The minimum atomic E-state index is -2.07. The number of allylic oxidation sites excluding steroid dienone is 2. The van der Waals surface area contributed by atoms with E-state index in [4.69, 9.17) is 23.5 Å². The summed E-state index contributed by atoms with van der Waals surface area (Å²) in [6.07, 6.45) is 4.78. The fourth-order valence-corrected chi connectivity index (χ4v) is 8.73. The Morgan fingerprint density at radius 2 is 1.66 bits per heavy atom. The molecule has 7 rings (SSSR count). The van der Waals surface area contributed by atoms with Crippen LogP contribution in [0.3, 0.4) is 0 Å². The molecule has 0 unspecified atom stereocenters. The number of aliphatic hydroxyl groups excluding tert-OH is 2. The average Bonchev–Trinajstić information content (AvgIpc) is 3.80. The maximum atomic E-state index is 14.5. The number of methoxy groups -OCH3 is 1. The molecule has 352 valence electrons. The van der Waals surface area contributed by atoms with Gasteiger partial charge in [-0.25, -0.2) is 0 Å². The minimum Gasteiger partial charge on any atom is -0.507 e. The van der Waals surface area contributed by atoms with E-state index in [0.29, 0.717) is 32.7 Å². The van der Waals surface area contributed by atoms with Crippen molar-refractivity contribution in [2.75, 3.05) is 38.6 Å². The highest BCUT2D eigenvalue weighted by Crippen LogP contribution is 2.55. The van der Waals surface area contributed by atoms with Crippen molar-refractivity contribution in [1.29, 1.82) is 0 Å². The van der Waals surface area contributed by atoms with E-state index in [1.807, 2.05) is 13.0 Å². The number of ether oxygens (including phenoxy) is 4. The fraction of sp³-hybridized carbons (Fsp3) is 0.511. The van der Waals surface area contributed by atoms with Gasteiger partial charge in [0, 0.05) is 93.4 Å². The van der Waals surface area contributed by atoms with Gasteiger partial charge in [-0.15, -0.1) is 0 Å². The van der Waals surface area contributed by atoms with Crippen molar-refractivity contribution in [2.24, 2.45) is 28.8 Å². The molecule has 3 aromatic rings. The van der Waals surface area contributed by atoms with E-state index in [2.05, 4.69) is 20.5 Å². The van der Waals surface area contributed by atoms with Crippen LogP contribution in [0.5, 0.6) is 23.0 Å². The van der Waals surface area contributed by atoms with Crippen LogP contribution in [0, 0.1) is 37.5 Å². The summed E-state index contributed by atoms with van der Waals surface area (Å²) in [4.78, 5) is 43.0. The van der Waals surface area contributed by atoms with Gasteiger partial charge in [0.15, 0.2) is 11.5 Å². The Morgan fingerprint density at radius 3 is 2.29 bits per heavy atom. The summed E-state index contributed by atoms with van der Waals surface area (Å²) in [5, 5.41) is 71.3. The van der Waals surface area contributed by atoms with E-state index in [0.717, 1.165) is 11.5 Å². The molecule has 5 bridgehead atoms. The highest BCUT2D eigenvalue weighted by molar-refractivity contribution is 6.23. The van der Waals surface area contributed by atoms with Gasteiger partial charge in [0.05, 0.1) is 65.2 Å². The number of aryl methyl sites for hydroxylation is 1. The largest absolute Gasteiger partial charge is 0.507 e. The molecule has 2 aromatic carbocycles. The van der Waals surface area contributed by atoms with Gasteiger partial charge in [0.1, 0.15) is 23.4 Å². The third-order valence-electron chi connectivity index (χ3n) is 12.8. The number of phenols is 3. The van der Waals surface area contributed by atoms with Crippen LogP contribution in [-0.2, 0) is 30.3 Å². The predicted octanol–water partition coefficient (Wildman–Crippen LogP) is 5.20. The number of rotatable bonds is 6. The van der Waals surface area contributed by atoms with E-state index >= 15 is 0 Å². The van der Waals surface area contributed by atoms with Gasteiger partial charge in [-0.3, -0.25) is 24.3 Å². The third kappa shape index (κ3) is 9.85. The molecule has 1 saturated heterocycles. The first kappa shape index (κ1) is 48.5. The summed E-state index contributed by atoms with van der Waals surface area (Å²) in [6.45, 7) is 17.1. The first-order valence-corrected chi connectivity index (χ1v) is 21.7. The number of ketones is 1. The van der Waals surface area contributed by atoms with Crippen molar-refractivity contribution in [1.82, 2.24) is 15.1 Å². The van der Waals surface area contributed by atoms with Crippen molar-refractivity contribution >= 4 is 40.3 Å². The molecular weight excluding hydrogens is 843 g/mol. The lowest BCUT2D eigenvalue weighted by molar-refractivity contribution is -0.160. The SMILES string of the molecule is CO[C@H]1/C=C/O[C@@]2(C)Oc3c(C)c(O)c4c(O)c(c(/C=N/N5CCN(Cc6cc(C)no6)CC5)c(O)c4c3C2=O)NC(=O)/C(C)=C\C=C\[C@H](C)[C@H](O)[C@@H](C)[C@@H](O)[C@@H](C)[C@H](OC(C)=O)[C@@H]1C. The second-order valence-electron chi connectivity index (χ2n) is 17.5. The monoisotopic (exact) mass is 903 g/mol. The Morgan fingerprint density at radius 1 is 0.969 bits per heavy atom. The molecule has 18 nitrogen and oxygen atoms in total. The molecule has 1 aromatic heterocycles. The van der Waals surface area contributed by atoms with Crippen molar-refractivity contribution in [3.8, 4) is 23.0 Å². The molecule has 0 radical (unpaired) electrons. The van der Waals surface area contributed by atoms with Crippen molar-refractivity contribution in [2.45, 2.75) is 99.1 Å². The number of amides is 1. The van der Waals surface area contributed by atoms with Crippen LogP contribution < -0.4 is 10.1 Å². The van der Waals surface area contributed by atoms with E-state index < -0.39 is 88.8 Å². The number of aromatic nitrogens is 1. The smallest absolute Gasteiger partial charge is 0.312 e. The van der Waals surface area contributed by atoms with Gasteiger partial charge in [-0.05, 0) is 26.8 Å². The fourth-order valence-electron chi connectivity index (χ4n) is 8.73. The second kappa shape index (κ2) is 19.7. The number of Topliss-reactive ketones (excluding diaryl/α,β-unsaturated/α-hetero) is 1. The molecular formula is C47H61N5O13. The molecule has 5 heterocycles. The molecule has 9 atom stereocenters. The summed E-state index contributed by atoms with van der Waals surface area (Å²) < 4.78 is 29.1. The zero-order valence-corrected chi connectivity index (χ0v) is 38.5. The van der Waals surface area contributed by atoms with E-state index in [1.165, 1.54) is 59.4 Å². The van der Waals surface area contributed by atoms with E-state index in [1.54, 1.807) is 44.9 Å². The molecule has 1 fully saturated rings. The lowest BCUT2D eigenvalue weighted by atomic mass is 9.78. The second-order valence-corrected chi connectivity index (χ2v) is 17.5. The summed E-state index contributed by atoms with van der Waals surface area (Å²) >= 11 is 0. The van der Waals surface area contributed by atoms with Crippen LogP contribution in [0.15, 0.2) is 51.8 Å². The number of carbonyl (C=O) groups is 3. The topological polar surface area (TPSA) is 246 Å². The molecule has 0 saturated carbocycles. The number of fused-ring (bicyclic) bond motifs is 14. The first-order valence-electron chi connectivity index (χ1n) is 21.7. The Bertz CT molecular complexity index is 2420. The van der Waals surface area contributed by atoms with Gasteiger partial charge in [0.2, 0.25) is 0 Å². The van der Waals surface area contributed by atoms with Crippen LogP contribution in [-0.4, -0.2) is 128 Å². The molecule has 65 heavy (non-hydrogen) atoms. The summed E-state index contributed by atoms with van der Waals surface area (Å²) in [6, 6.07) is 1.87. The summed E-state index contributed by atoms with van der Waals surface area (Å²) in [7, 11) is 1.43. The number of anilines is 1. The van der Waals surface area contributed by atoms with Gasteiger partial charge in [-0.2, -0.15) is 5.10 Å². The number of aliphatic hydroxyl groups is 2. The molecule has 6 N–H and O–H groups in total. The van der Waals surface area contributed by atoms with Crippen LogP contribution >= 0.6 is 0 Å². The molecule has 4 aliphatic heterocycles. The number of hydrogen-bond acceptors (Lipinski definition) is 17. The maximum absolute atomic E-state index is 14.5. The van der Waals surface area contributed by atoms with Crippen molar-refractivity contribution < 1.29 is 63.4 Å². The van der Waals surface area contributed by atoms with Crippen LogP contribution in [0.25, 0.3) is 10.8 Å². The van der Waals surface area contributed by atoms with Crippen molar-refractivity contribution in [3.63, 3.8) is 0 Å². The first-order chi connectivity index (χ1) is 30.7. The van der Waals surface area contributed by atoms with Crippen molar-refractivity contribution in [3.05, 3.63) is 70.4 Å². The average molecular weight is 904 g/mol. The zero-order chi connectivity index (χ0) is 47.7. The molecule has 18 heteroatoms. The number of aromatic hydroxyl groups is 3. The zero-order valence-electron chi connectivity index (χ0n) is 38.5. The lowest BCUT2D eigenvalue weighted by Gasteiger charge is -2.38. The van der Waals surface area contributed by atoms with Crippen LogP contribution in [0.1, 0.15) is 81.4 Å². The van der Waals surface area contributed by atoms with E-state index in [-0.39, 0.29) is 44.5 Å². The Hall–Kier alpha value is -5.95. The predicted molar refractivity (Wildman–Crippen MR) is 239 cm³/mol. The Kier molecular flexibility index (Phi) is 14.7. The normalized spacial score (nSPS) is 30.2. The standard InChI is InChI=1S/C47H61N5O13/c1-23-12-11-13-24(2)46(60)49-37-32(21-48-52-17-15-51(16-18-52)22-31-20-25(3)50-65-31)41(57)34-35(42(37)58)40(56)29(7)44-36(34)45(59)47(9,64-44)62-19-14-33(61-10)26(4)43(63-30(8)53)28(6)39(55)27(5)38(23)54/h11-14,19-21,23,26-28,33,38-39,43,54-58H,15-18,22H2,1-10H3,(H,49,60)/b12-11+,19-14+,24-13-,48-21+/t23-,26+,27+,28+,33-,38-,39+,43+,47-/m0/s1. The molecule has 0 spiro atoms. The van der Waals surface area contributed by atoms with E-state index in [9.17, 15) is 39.9 Å². The highest BCUT2D eigenvalue weighted by Gasteiger charge is 2.50. The van der Waals surface area contributed by atoms with Gasteiger partial charge in [0.25, 0.3) is 11.7 Å². The molecule has 4 aliphatic rings. The number of nitrogens with zero attached hydrogens (tertiary/aromatic N) is 4. The lowest BCUT2D eigenvalue weighted by Crippen LogP contribution is -2.46. The quantitative estimate of drug-likeness (QED) is 0.0805. The minimum absolute atomic E-state index is 0.0429. The summed E-state index contributed by atoms with van der Waals surface area (Å²) in [5.41, 5.74) is 0.339. The summed E-state index contributed by atoms with van der Waals surface area (Å²) in [5.74, 6) is -7.79. The van der Waals surface area contributed by atoms with Crippen LogP contribution in [0.2, 0.25) is 0 Å². The number of phenolic OH excluding ortho intramolecular Hbond substituents is 3. The Balaban J connectivity index is 1.46. The maximum Gasteiger partial charge on any atom is 0.312 e. The Labute approximate surface area is 377 Å². The number of hydrogen-bond donors (Lipinski definition) is 6. The number of benzene rings is 2. The van der Waals surface area contributed by atoms with Gasteiger partial charge < -0.3 is 54.3 Å². The molecule has 1 amide bonds. The highest BCUT2D eigenvalue weighted by atomic mass is 16.7. The number of nitrogens with one attached hydrogen (secondary N) is 1. The number of hydrazone groups is 1. The number of piperazine rings is 1. The number of carbonyl (C=O) groups excluding carboxylic acids is 3.